The zero-order chi connectivity index (χ0) is 4.12. The summed E-state index contributed by atoms with van der Waals surface area (Å²) in [5.41, 5.74) is 0. The van der Waals surface area contributed by atoms with Crippen LogP contribution in [0.3, 0.4) is 0 Å². The molecule has 0 bridgehead atoms. The molecule has 2 heteroatoms. The van der Waals surface area contributed by atoms with Gasteiger partial charge in [0, 0.05) is 13.7 Å². The van der Waals surface area contributed by atoms with E-state index in [0.717, 1.165) is 13.0 Å². The van der Waals surface area contributed by atoms with E-state index in [9.17, 15) is 0 Å². The van der Waals surface area contributed by atoms with Crippen LogP contribution in [0.2, 0.25) is 0 Å². The zero-order valence-electron chi connectivity index (χ0n) is 3.82. The predicted molar refractivity (Wildman–Crippen MR) is 29.3 cm³/mol. The van der Waals surface area contributed by atoms with Gasteiger partial charge in [0.2, 0.25) is 0 Å². The van der Waals surface area contributed by atoms with Gasteiger partial charge in [-0.15, -0.1) is 0 Å². The van der Waals surface area contributed by atoms with E-state index in [4.69, 9.17) is 4.74 Å². The van der Waals surface area contributed by atoms with Crippen LogP contribution < -0.4 is 0 Å². The number of hydrogen-bond donors (Lipinski definition) is 0. The molecular weight excluding hydrogens is 87.0 g/mol. The van der Waals surface area contributed by atoms with Crippen molar-refractivity contribution in [3.05, 3.63) is 0 Å². The average Bonchev–Trinajstić information content (AvgIpc) is 1.41. The SMILES string of the molecule is CCCOC.[NaH]. The van der Waals surface area contributed by atoms with Crippen molar-refractivity contribution in [3.8, 4) is 0 Å². The summed E-state index contributed by atoms with van der Waals surface area (Å²) in [6.45, 7) is 2.98. The first-order valence-electron chi connectivity index (χ1n) is 1.90. The first-order valence-corrected chi connectivity index (χ1v) is 1.90. The van der Waals surface area contributed by atoms with Crippen LogP contribution in [-0.2, 0) is 4.74 Å². The van der Waals surface area contributed by atoms with Crippen molar-refractivity contribution in [3.63, 3.8) is 0 Å². The molecule has 0 N–H and O–H groups in total. The van der Waals surface area contributed by atoms with Crippen LogP contribution in [0.5, 0.6) is 0 Å². The van der Waals surface area contributed by atoms with Gasteiger partial charge in [0.25, 0.3) is 0 Å². The summed E-state index contributed by atoms with van der Waals surface area (Å²) < 4.78 is 4.69. The summed E-state index contributed by atoms with van der Waals surface area (Å²) in [6.07, 6.45) is 1.12. The monoisotopic (exact) mass is 98.1 g/mol. The van der Waals surface area contributed by atoms with Crippen molar-refractivity contribution >= 4 is 29.6 Å². The van der Waals surface area contributed by atoms with Gasteiger partial charge in [-0.25, -0.2) is 0 Å². The van der Waals surface area contributed by atoms with E-state index in [-0.39, 0.29) is 29.6 Å². The maximum absolute atomic E-state index is 4.69. The molecule has 0 aliphatic rings. The van der Waals surface area contributed by atoms with Crippen molar-refractivity contribution in [1.82, 2.24) is 0 Å². The summed E-state index contributed by atoms with van der Waals surface area (Å²) in [4.78, 5) is 0. The molecule has 0 saturated carbocycles. The quantitative estimate of drug-likeness (QED) is 0.454. The predicted octanol–water partition coefficient (Wildman–Crippen LogP) is 0.394. The molecule has 0 saturated heterocycles. The first-order chi connectivity index (χ1) is 2.41. The van der Waals surface area contributed by atoms with E-state index in [1.54, 1.807) is 7.11 Å². The molecule has 0 spiro atoms. The Labute approximate surface area is 61.4 Å². The molecule has 0 aromatic carbocycles. The molecule has 0 heterocycles. The van der Waals surface area contributed by atoms with Gasteiger partial charge in [-0.3, -0.25) is 0 Å². The fourth-order valence-electron chi connectivity index (χ4n) is 0.204. The minimum atomic E-state index is 0. The average molecular weight is 98.1 g/mol. The zero-order valence-corrected chi connectivity index (χ0v) is 3.82. The second kappa shape index (κ2) is 9.35. The van der Waals surface area contributed by atoms with Gasteiger partial charge in [-0.2, -0.15) is 0 Å². The topological polar surface area (TPSA) is 9.23 Å². The van der Waals surface area contributed by atoms with Gasteiger partial charge in [0.15, 0.2) is 0 Å². The first kappa shape index (κ1) is 10.0. The van der Waals surface area contributed by atoms with Gasteiger partial charge in [-0.05, 0) is 6.42 Å². The second-order valence-electron chi connectivity index (χ2n) is 0.993. The standard InChI is InChI=1S/C4H10O.Na.H/c1-3-4-5-2;;/h3-4H2,1-2H3;;. The Kier molecular flexibility index (Phi) is 15.7. The number of rotatable bonds is 2. The number of methoxy groups -OCH3 is 1. The third-order valence-electron chi connectivity index (χ3n) is 0.408. The van der Waals surface area contributed by atoms with E-state index < -0.39 is 0 Å². The third kappa shape index (κ3) is 8.88. The van der Waals surface area contributed by atoms with Crippen molar-refractivity contribution in [2.75, 3.05) is 13.7 Å². The van der Waals surface area contributed by atoms with E-state index in [1.165, 1.54) is 0 Å². The second-order valence-corrected chi connectivity index (χ2v) is 0.993. The third-order valence-corrected chi connectivity index (χ3v) is 0.408. The van der Waals surface area contributed by atoms with Crippen LogP contribution in [0.4, 0.5) is 0 Å². The molecule has 0 rings (SSSR count). The summed E-state index contributed by atoms with van der Waals surface area (Å²) in [6, 6.07) is 0. The molecule has 0 unspecified atom stereocenters. The Morgan fingerprint density at radius 3 is 2.00 bits per heavy atom. The molecule has 0 fully saturated rings. The van der Waals surface area contributed by atoms with Crippen molar-refractivity contribution in [1.29, 1.82) is 0 Å². The van der Waals surface area contributed by atoms with E-state index in [2.05, 4.69) is 6.92 Å². The van der Waals surface area contributed by atoms with Crippen LogP contribution >= 0.6 is 0 Å². The van der Waals surface area contributed by atoms with Gasteiger partial charge >= 0.3 is 29.6 Å². The normalized spacial score (nSPS) is 7.00. The van der Waals surface area contributed by atoms with E-state index in [0.29, 0.717) is 0 Å². The van der Waals surface area contributed by atoms with E-state index in [1.807, 2.05) is 0 Å². The summed E-state index contributed by atoms with van der Waals surface area (Å²) in [5.74, 6) is 0. The van der Waals surface area contributed by atoms with Gasteiger partial charge in [0.1, 0.15) is 0 Å². The fraction of sp³-hybridized carbons (Fsp3) is 1.00. The molecule has 0 aromatic heterocycles. The molecule has 34 valence electrons. The molecule has 0 aliphatic carbocycles. The van der Waals surface area contributed by atoms with Crippen LogP contribution in [0, 0.1) is 0 Å². The number of hydrogen-bond acceptors (Lipinski definition) is 1. The Morgan fingerprint density at radius 2 is 2.00 bits per heavy atom. The molecule has 1 nitrogen and oxygen atoms in total. The van der Waals surface area contributed by atoms with Crippen LogP contribution in [0.1, 0.15) is 13.3 Å². The molecule has 0 aromatic rings. The fourth-order valence-corrected chi connectivity index (χ4v) is 0.204. The van der Waals surface area contributed by atoms with Gasteiger partial charge < -0.3 is 4.74 Å². The molecular formula is C4H11NaO. The Bertz CT molecular complexity index is 15.0. The molecule has 0 aliphatic heterocycles. The Morgan fingerprint density at radius 1 is 1.50 bits per heavy atom. The molecule has 0 radical (unpaired) electrons. The summed E-state index contributed by atoms with van der Waals surface area (Å²) >= 11 is 0. The Balaban J connectivity index is 0. The van der Waals surface area contributed by atoms with Crippen LogP contribution in [0.25, 0.3) is 0 Å². The van der Waals surface area contributed by atoms with Crippen molar-refractivity contribution in [2.45, 2.75) is 13.3 Å². The number of ether oxygens (including phenoxy) is 1. The van der Waals surface area contributed by atoms with Crippen LogP contribution in [0.15, 0.2) is 0 Å². The summed E-state index contributed by atoms with van der Waals surface area (Å²) in [5, 5.41) is 0. The van der Waals surface area contributed by atoms with E-state index >= 15 is 0 Å². The van der Waals surface area contributed by atoms with Gasteiger partial charge in [0.05, 0.1) is 0 Å². The van der Waals surface area contributed by atoms with Gasteiger partial charge in [-0.1, -0.05) is 6.92 Å². The van der Waals surface area contributed by atoms with Crippen LogP contribution in [-0.4, -0.2) is 43.3 Å². The minimum absolute atomic E-state index is 0. The Hall–Kier alpha value is 0.960. The molecule has 6 heavy (non-hydrogen) atoms. The van der Waals surface area contributed by atoms with Crippen molar-refractivity contribution < 1.29 is 4.74 Å². The van der Waals surface area contributed by atoms with Crippen molar-refractivity contribution in [2.24, 2.45) is 0 Å². The molecule has 0 atom stereocenters. The summed E-state index contributed by atoms with van der Waals surface area (Å²) in [7, 11) is 1.71. The molecule has 0 amide bonds. The maximum atomic E-state index is 4.69.